The topological polar surface area (TPSA) is 53.3 Å². The van der Waals surface area contributed by atoms with Crippen LogP contribution in [-0.4, -0.2) is 35.6 Å². The average molecular weight is 445 g/mol. The summed E-state index contributed by atoms with van der Waals surface area (Å²) in [6, 6.07) is 8.98. The number of hydrogen-bond acceptors (Lipinski definition) is 4. The summed E-state index contributed by atoms with van der Waals surface area (Å²) < 4.78 is 13.4. The number of hydrogen-bond donors (Lipinski definition) is 0. The SMILES string of the molecule is CC.CCOC(=O)c1cnn([C@H]2CCOC2)c1-c1[c-]cc(Br)cc1.[V]. The molecule has 0 saturated carbocycles. The molecule has 7 heteroatoms. The van der Waals surface area contributed by atoms with Crippen molar-refractivity contribution >= 4 is 21.9 Å². The predicted molar refractivity (Wildman–Crippen MR) is 96.0 cm³/mol. The first-order chi connectivity index (χ1) is 11.7. The van der Waals surface area contributed by atoms with Gasteiger partial charge in [-0.05, 0) is 13.3 Å². The van der Waals surface area contributed by atoms with Gasteiger partial charge in [-0.3, -0.25) is 4.68 Å². The van der Waals surface area contributed by atoms with E-state index in [0.29, 0.717) is 25.4 Å². The minimum absolute atomic E-state index is 0. The molecule has 3 rings (SSSR count). The normalized spacial score (nSPS) is 15.8. The van der Waals surface area contributed by atoms with Crippen LogP contribution in [0.4, 0.5) is 0 Å². The summed E-state index contributed by atoms with van der Waals surface area (Å²) in [6.07, 6.45) is 2.45. The molecule has 0 aliphatic carbocycles. The second-order valence-electron chi connectivity index (χ2n) is 5.01. The quantitative estimate of drug-likeness (QED) is 0.521. The van der Waals surface area contributed by atoms with Crippen molar-refractivity contribution in [1.82, 2.24) is 9.78 Å². The van der Waals surface area contributed by atoms with Gasteiger partial charge >= 0.3 is 5.97 Å². The number of benzene rings is 1. The third-order valence-corrected chi connectivity index (χ3v) is 4.07. The molecule has 1 aliphatic rings. The number of carbonyl (C=O) groups excluding carboxylic acids is 1. The summed E-state index contributed by atoms with van der Waals surface area (Å²) in [6.45, 7) is 7.44. The summed E-state index contributed by atoms with van der Waals surface area (Å²) >= 11 is 3.40. The summed E-state index contributed by atoms with van der Waals surface area (Å²) in [5.41, 5.74) is 2.02. The van der Waals surface area contributed by atoms with Gasteiger partial charge in [0.1, 0.15) is 0 Å². The fourth-order valence-corrected chi connectivity index (χ4v) is 2.78. The van der Waals surface area contributed by atoms with Gasteiger partial charge < -0.3 is 9.47 Å². The van der Waals surface area contributed by atoms with Gasteiger partial charge in [-0.25, -0.2) is 4.79 Å². The Hall–Kier alpha value is -1.08. The van der Waals surface area contributed by atoms with Crippen molar-refractivity contribution < 1.29 is 32.8 Å². The van der Waals surface area contributed by atoms with Gasteiger partial charge in [0.2, 0.25) is 0 Å². The van der Waals surface area contributed by atoms with Crippen LogP contribution in [0.3, 0.4) is 0 Å². The van der Waals surface area contributed by atoms with E-state index >= 15 is 0 Å². The predicted octanol–water partition coefficient (Wildman–Crippen LogP) is 4.27. The van der Waals surface area contributed by atoms with Crippen molar-refractivity contribution in [3.05, 3.63) is 40.5 Å². The fourth-order valence-electron chi connectivity index (χ4n) is 2.53. The molecule has 1 saturated heterocycles. The average Bonchev–Trinajstić information content (AvgIpc) is 3.27. The van der Waals surface area contributed by atoms with E-state index in [9.17, 15) is 4.79 Å². The molecular weight excluding hydrogens is 423 g/mol. The molecule has 0 unspecified atom stereocenters. The van der Waals surface area contributed by atoms with Gasteiger partial charge in [0.25, 0.3) is 0 Å². The maximum atomic E-state index is 12.2. The number of esters is 1. The van der Waals surface area contributed by atoms with E-state index in [4.69, 9.17) is 9.47 Å². The first kappa shape index (κ1) is 22.0. The Morgan fingerprint density at radius 3 is 2.80 bits per heavy atom. The largest absolute Gasteiger partial charge is 0.463 e. The summed E-state index contributed by atoms with van der Waals surface area (Å²) in [7, 11) is 0. The third kappa shape index (κ3) is 5.20. The molecule has 0 spiro atoms. The molecule has 135 valence electrons. The second kappa shape index (κ2) is 10.8. The van der Waals surface area contributed by atoms with E-state index < -0.39 is 0 Å². The van der Waals surface area contributed by atoms with Crippen LogP contribution in [0.25, 0.3) is 11.3 Å². The Kier molecular flexibility index (Phi) is 9.50. The van der Waals surface area contributed by atoms with Crippen LogP contribution in [0, 0.1) is 6.07 Å². The van der Waals surface area contributed by atoms with Crippen molar-refractivity contribution in [3.63, 3.8) is 0 Å². The molecule has 1 aromatic heterocycles. The van der Waals surface area contributed by atoms with Crippen molar-refractivity contribution in [1.29, 1.82) is 0 Å². The van der Waals surface area contributed by atoms with Crippen molar-refractivity contribution in [2.24, 2.45) is 0 Å². The van der Waals surface area contributed by atoms with Gasteiger partial charge in [-0.2, -0.15) is 5.10 Å². The maximum absolute atomic E-state index is 12.2. The number of ether oxygens (including phenoxy) is 2. The van der Waals surface area contributed by atoms with Crippen LogP contribution in [-0.2, 0) is 28.0 Å². The van der Waals surface area contributed by atoms with Crippen molar-refractivity contribution in [3.8, 4) is 11.3 Å². The number of nitrogens with zero attached hydrogens (tertiary/aromatic N) is 2. The minimum Gasteiger partial charge on any atom is -0.463 e. The second-order valence-corrected chi connectivity index (χ2v) is 5.93. The zero-order valence-electron chi connectivity index (χ0n) is 14.7. The molecule has 0 bridgehead atoms. The van der Waals surface area contributed by atoms with Crippen LogP contribution in [0.2, 0.25) is 0 Å². The van der Waals surface area contributed by atoms with Crippen molar-refractivity contribution in [2.75, 3.05) is 19.8 Å². The number of carbonyl (C=O) groups is 1. The molecular formula is C18H22BrN2O3V-. The van der Waals surface area contributed by atoms with Gasteiger partial charge in [-0.15, -0.1) is 45.8 Å². The van der Waals surface area contributed by atoms with Crippen LogP contribution < -0.4 is 0 Å². The Morgan fingerprint density at radius 1 is 1.48 bits per heavy atom. The van der Waals surface area contributed by atoms with Crippen LogP contribution in [0.5, 0.6) is 0 Å². The number of aromatic nitrogens is 2. The zero-order valence-corrected chi connectivity index (χ0v) is 17.6. The molecule has 25 heavy (non-hydrogen) atoms. The Balaban J connectivity index is 0.00000101. The summed E-state index contributed by atoms with van der Waals surface area (Å²) in [4.78, 5) is 12.2. The monoisotopic (exact) mass is 444 g/mol. The van der Waals surface area contributed by atoms with E-state index in [1.807, 2.05) is 36.7 Å². The molecule has 2 heterocycles. The smallest absolute Gasteiger partial charge is 0.332 e. The summed E-state index contributed by atoms with van der Waals surface area (Å²) in [5.74, 6) is -0.362. The van der Waals surface area contributed by atoms with Gasteiger partial charge in [-0.1, -0.05) is 18.3 Å². The first-order valence-electron chi connectivity index (χ1n) is 8.20. The van der Waals surface area contributed by atoms with E-state index in [-0.39, 0.29) is 30.6 Å². The molecule has 0 amide bonds. The van der Waals surface area contributed by atoms with Crippen LogP contribution in [0.1, 0.15) is 43.6 Å². The maximum Gasteiger partial charge on any atom is 0.332 e. The van der Waals surface area contributed by atoms with Crippen LogP contribution >= 0.6 is 15.9 Å². The third-order valence-electron chi connectivity index (χ3n) is 3.57. The van der Waals surface area contributed by atoms with Gasteiger partial charge in [0.15, 0.2) is 0 Å². The molecule has 1 aliphatic heterocycles. The molecule has 1 radical (unpaired) electrons. The van der Waals surface area contributed by atoms with Gasteiger partial charge in [0.05, 0.1) is 31.0 Å². The molecule has 1 aromatic carbocycles. The minimum atomic E-state index is -0.362. The molecule has 5 nitrogen and oxygen atoms in total. The molecule has 1 fully saturated rings. The van der Waals surface area contributed by atoms with E-state index in [2.05, 4.69) is 27.1 Å². The standard InChI is InChI=1S/C16H16BrN2O3.C2H6.V/c1-2-22-16(20)14-9-18-19(13-7-8-21-10-13)15(14)11-3-5-12(17)6-4-11;1-2;/h3,5-6,9,13H,2,7-8,10H2,1H3;1-2H3;/q-1;;/t13-;;/m0../s1. The Morgan fingerprint density at radius 2 is 2.24 bits per heavy atom. The molecule has 0 N–H and O–H groups in total. The van der Waals surface area contributed by atoms with Crippen LogP contribution in [0.15, 0.2) is 28.9 Å². The number of halogens is 1. The molecule has 2 aromatic rings. The Bertz CT molecular complexity index is 667. The first-order valence-corrected chi connectivity index (χ1v) is 9.00. The van der Waals surface area contributed by atoms with Gasteiger partial charge in [0, 0.05) is 30.9 Å². The Labute approximate surface area is 169 Å². The molecule has 1 atom stereocenters. The zero-order chi connectivity index (χ0) is 17.5. The van der Waals surface area contributed by atoms with E-state index in [1.165, 1.54) is 0 Å². The summed E-state index contributed by atoms with van der Waals surface area (Å²) in [5, 5.41) is 4.40. The van der Waals surface area contributed by atoms with E-state index in [0.717, 1.165) is 22.2 Å². The fraction of sp³-hybridized carbons (Fsp3) is 0.444. The van der Waals surface area contributed by atoms with Crippen molar-refractivity contribution in [2.45, 2.75) is 33.2 Å². The van der Waals surface area contributed by atoms with E-state index in [1.54, 1.807) is 13.1 Å². The number of rotatable bonds is 4.